The topological polar surface area (TPSA) is 75.1 Å². The third-order valence-electron chi connectivity index (χ3n) is 2.24. The van der Waals surface area contributed by atoms with Crippen LogP contribution in [0.4, 0.5) is 5.82 Å². The van der Waals surface area contributed by atoms with Gasteiger partial charge < -0.3 is 10.4 Å². The molecule has 1 atom stereocenters. The maximum absolute atomic E-state index is 11.2. The van der Waals surface area contributed by atoms with Gasteiger partial charge in [0.1, 0.15) is 5.82 Å². The molecular formula is C12H11N3O2. The van der Waals surface area contributed by atoms with Crippen LogP contribution in [0.1, 0.15) is 11.6 Å². The minimum atomic E-state index is -0.957. The molecule has 0 radical (unpaired) electrons. The maximum atomic E-state index is 11.2. The van der Waals surface area contributed by atoms with Crippen LogP contribution in [0.15, 0.2) is 48.9 Å². The minimum absolute atomic E-state index is 0.434. The second kappa shape index (κ2) is 5.07. The summed E-state index contributed by atoms with van der Waals surface area (Å²) in [5.41, 5.74) is 0.672. The van der Waals surface area contributed by atoms with Crippen molar-refractivity contribution in [3.05, 3.63) is 54.5 Å². The van der Waals surface area contributed by atoms with Gasteiger partial charge in [-0.25, -0.2) is 9.78 Å². The number of hydrogen-bond acceptors (Lipinski definition) is 4. The first-order valence-electron chi connectivity index (χ1n) is 5.07. The molecular weight excluding hydrogens is 218 g/mol. The van der Waals surface area contributed by atoms with Crippen LogP contribution in [0, 0.1) is 0 Å². The number of aliphatic carboxylic acids is 1. The monoisotopic (exact) mass is 229 g/mol. The van der Waals surface area contributed by atoms with Gasteiger partial charge in [-0.15, -0.1) is 0 Å². The summed E-state index contributed by atoms with van der Waals surface area (Å²) in [4.78, 5) is 19.1. The molecule has 0 spiro atoms. The summed E-state index contributed by atoms with van der Waals surface area (Å²) < 4.78 is 0. The van der Waals surface area contributed by atoms with Gasteiger partial charge in [-0.1, -0.05) is 30.3 Å². The van der Waals surface area contributed by atoms with Crippen molar-refractivity contribution in [3.8, 4) is 0 Å². The minimum Gasteiger partial charge on any atom is -0.479 e. The number of carboxylic acid groups (broad SMARTS) is 1. The molecule has 1 heterocycles. The Morgan fingerprint density at radius 3 is 2.59 bits per heavy atom. The number of aromatic nitrogens is 2. The molecule has 1 unspecified atom stereocenters. The van der Waals surface area contributed by atoms with Crippen LogP contribution in [-0.4, -0.2) is 21.0 Å². The third-order valence-corrected chi connectivity index (χ3v) is 2.24. The van der Waals surface area contributed by atoms with E-state index in [1.165, 1.54) is 18.6 Å². The normalized spacial score (nSPS) is 11.8. The molecule has 17 heavy (non-hydrogen) atoms. The van der Waals surface area contributed by atoms with Crippen molar-refractivity contribution in [3.63, 3.8) is 0 Å². The fourth-order valence-corrected chi connectivity index (χ4v) is 1.45. The van der Waals surface area contributed by atoms with Gasteiger partial charge in [0.15, 0.2) is 6.04 Å². The van der Waals surface area contributed by atoms with Crippen molar-refractivity contribution >= 4 is 11.8 Å². The van der Waals surface area contributed by atoms with Crippen molar-refractivity contribution in [1.82, 2.24) is 9.97 Å². The van der Waals surface area contributed by atoms with Gasteiger partial charge in [0, 0.05) is 12.4 Å². The van der Waals surface area contributed by atoms with E-state index in [9.17, 15) is 9.90 Å². The largest absolute Gasteiger partial charge is 0.479 e. The first-order valence-corrected chi connectivity index (χ1v) is 5.07. The fourth-order valence-electron chi connectivity index (χ4n) is 1.45. The number of rotatable bonds is 4. The van der Waals surface area contributed by atoms with Crippen molar-refractivity contribution in [2.45, 2.75) is 6.04 Å². The Hall–Kier alpha value is -2.43. The Balaban J connectivity index is 2.23. The van der Waals surface area contributed by atoms with Crippen molar-refractivity contribution in [2.24, 2.45) is 0 Å². The van der Waals surface area contributed by atoms with Crippen LogP contribution in [0.5, 0.6) is 0 Å². The van der Waals surface area contributed by atoms with E-state index in [4.69, 9.17) is 0 Å². The van der Waals surface area contributed by atoms with Crippen LogP contribution in [-0.2, 0) is 4.79 Å². The van der Waals surface area contributed by atoms with Gasteiger partial charge in [-0.3, -0.25) is 4.98 Å². The Bertz CT molecular complexity index is 488. The average Bonchev–Trinajstić information content (AvgIpc) is 2.38. The Morgan fingerprint density at radius 1 is 1.24 bits per heavy atom. The van der Waals surface area contributed by atoms with E-state index in [0.29, 0.717) is 11.4 Å². The van der Waals surface area contributed by atoms with Crippen molar-refractivity contribution in [1.29, 1.82) is 0 Å². The molecule has 2 N–H and O–H groups in total. The summed E-state index contributed by atoms with van der Waals surface area (Å²) in [6, 6.07) is 8.11. The standard InChI is InChI=1S/C12H11N3O2/c16-12(17)11(9-4-2-1-3-5-9)15-10-8-13-6-7-14-10/h1-8,11H,(H,14,15)(H,16,17). The van der Waals surface area contributed by atoms with Gasteiger partial charge in [0.05, 0.1) is 6.20 Å². The zero-order valence-corrected chi connectivity index (χ0v) is 8.95. The van der Waals surface area contributed by atoms with Gasteiger partial charge >= 0.3 is 5.97 Å². The van der Waals surface area contributed by atoms with Gasteiger partial charge in [-0.05, 0) is 5.56 Å². The lowest BCUT2D eigenvalue weighted by atomic mass is 10.1. The van der Waals surface area contributed by atoms with E-state index in [2.05, 4.69) is 15.3 Å². The molecule has 0 saturated carbocycles. The zero-order valence-electron chi connectivity index (χ0n) is 8.95. The van der Waals surface area contributed by atoms with Gasteiger partial charge in [0.2, 0.25) is 0 Å². The average molecular weight is 229 g/mol. The molecule has 86 valence electrons. The second-order valence-corrected chi connectivity index (χ2v) is 3.42. The molecule has 0 aliphatic heterocycles. The molecule has 0 fully saturated rings. The second-order valence-electron chi connectivity index (χ2n) is 3.42. The maximum Gasteiger partial charge on any atom is 0.330 e. The lowest BCUT2D eigenvalue weighted by molar-refractivity contribution is -0.138. The Kier molecular flexibility index (Phi) is 3.30. The molecule has 1 aromatic carbocycles. The smallest absolute Gasteiger partial charge is 0.330 e. The summed E-state index contributed by atoms with van der Waals surface area (Å²) in [6.45, 7) is 0. The lowest BCUT2D eigenvalue weighted by Gasteiger charge is -2.14. The quantitative estimate of drug-likeness (QED) is 0.834. The fraction of sp³-hybridized carbons (Fsp3) is 0.0833. The number of carbonyl (C=O) groups is 1. The molecule has 0 aliphatic rings. The highest BCUT2D eigenvalue weighted by Gasteiger charge is 2.19. The Morgan fingerprint density at radius 2 is 2.00 bits per heavy atom. The van der Waals surface area contributed by atoms with Crippen LogP contribution in [0.3, 0.4) is 0 Å². The summed E-state index contributed by atoms with van der Waals surface area (Å²) in [5.74, 6) is -0.523. The molecule has 0 saturated heterocycles. The summed E-state index contributed by atoms with van der Waals surface area (Å²) in [5, 5.41) is 12.0. The SMILES string of the molecule is O=C(O)C(Nc1cnccn1)c1ccccc1. The molecule has 0 amide bonds. The lowest BCUT2D eigenvalue weighted by Crippen LogP contribution is -2.20. The number of nitrogens with one attached hydrogen (secondary N) is 1. The van der Waals surface area contributed by atoms with Crippen molar-refractivity contribution in [2.75, 3.05) is 5.32 Å². The molecule has 5 nitrogen and oxygen atoms in total. The van der Waals surface area contributed by atoms with Crippen LogP contribution < -0.4 is 5.32 Å². The predicted molar refractivity (Wildman–Crippen MR) is 62.5 cm³/mol. The number of benzene rings is 1. The molecule has 0 bridgehead atoms. The summed E-state index contributed by atoms with van der Waals surface area (Å²) >= 11 is 0. The Labute approximate surface area is 98.2 Å². The van der Waals surface area contributed by atoms with E-state index >= 15 is 0 Å². The van der Waals surface area contributed by atoms with Crippen molar-refractivity contribution < 1.29 is 9.90 Å². The van der Waals surface area contributed by atoms with Gasteiger partial charge in [-0.2, -0.15) is 0 Å². The number of carboxylic acids is 1. The molecule has 2 rings (SSSR count). The van der Waals surface area contributed by atoms with Gasteiger partial charge in [0.25, 0.3) is 0 Å². The number of anilines is 1. The number of nitrogens with zero attached hydrogens (tertiary/aromatic N) is 2. The third kappa shape index (κ3) is 2.78. The summed E-state index contributed by atoms with van der Waals surface area (Å²) in [7, 11) is 0. The first kappa shape index (κ1) is 11.1. The summed E-state index contributed by atoms with van der Waals surface area (Å²) in [6.07, 6.45) is 4.52. The molecule has 5 heteroatoms. The van der Waals surface area contributed by atoms with E-state index in [1.54, 1.807) is 24.3 Å². The van der Waals surface area contributed by atoms with E-state index in [1.807, 2.05) is 6.07 Å². The molecule has 2 aromatic rings. The predicted octanol–water partition coefficient (Wildman–Crippen LogP) is 1.71. The number of hydrogen-bond donors (Lipinski definition) is 2. The zero-order chi connectivity index (χ0) is 12.1. The van der Waals surface area contributed by atoms with Crippen LogP contribution in [0.2, 0.25) is 0 Å². The van der Waals surface area contributed by atoms with E-state index < -0.39 is 12.0 Å². The van der Waals surface area contributed by atoms with Crippen LogP contribution >= 0.6 is 0 Å². The highest BCUT2D eigenvalue weighted by Crippen LogP contribution is 2.17. The highest BCUT2D eigenvalue weighted by atomic mass is 16.4. The van der Waals surface area contributed by atoms with Crippen LogP contribution in [0.25, 0.3) is 0 Å². The first-order chi connectivity index (χ1) is 8.27. The van der Waals surface area contributed by atoms with E-state index in [0.717, 1.165) is 0 Å². The molecule has 1 aromatic heterocycles. The van der Waals surface area contributed by atoms with E-state index in [-0.39, 0.29) is 0 Å². The molecule has 0 aliphatic carbocycles. The highest BCUT2D eigenvalue weighted by molar-refractivity contribution is 5.78.